The summed E-state index contributed by atoms with van der Waals surface area (Å²) < 4.78 is 10.3. The lowest BCUT2D eigenvalue weighted by Gasteiger charge is -2.11. The highest BCUT2D eigenvalue weighted by atomic mass is 16.6. The quantitative estimate of drug-likeness (QED) is 0.592. The molecule has 0 aliphatic rings. The lowest BCUT2D eigenvalue weighted by molar-refractivity contribution is -0.138. The molecular formula is C13H15NO3. The van der Waals surface area contributed by atoms with E-state index < -0.39 is 0 Å². The highest BCUT2D eigenvalue weighted by molar-refractivity contribution is 5.75. The van der Waals surface area contributed by atoms with Crippen LogP contribution in [0.4, 0.5) is 0 Å². The standard InChI is InChI=1S/C13H15NO3/c1-4-9(2)13(15)17-11-6-5-10(8-14)7-12(11)16-3/h5-7,9H,4H2,1-3H3. The number of carbonyl (C=O) groups is 1. The van der Waals surface area contributed by atoms with Crippen molar-refractivity contribution in [1.82, 2.24) is 0 Å². The maximum Gasteiger partial charge on any atom is 0.314 e. The van der Waals surface area contributed by atoms with E-state index in [1.165, 1.54) is 7.11 Å². The molecule has 0 aliphatic heterocycles. The van der Waals surface area contributed by atoms with Crippen molar-refractivity contribution < 1.29 is 14.3 Å². The van der Waals surface area contributed by atoms with E-state index in [1.807, 2.05) is 13.0 Å². The van der Waals surface area contributed by atoms with Gasteiger partial charge < -0.3 is 9.47 Å². The van der Waals surface area contributed by atoms with Gasteiger partial charge in [0.05, 0.1) is 24.7 Å². The summed E-state index contributed by atoms with van der Waals surface area (Å²) in [5.41, 5.74) is 0.463. The third kappa shape index (κ3) is 3.22. The second-order valence-corrected chi connectivity index (χ2v) is 3.71. The van der Waals surface area contributed by atoms with Crippen molar-refractivity contribution >= 4 is 5.97 Å². The number of rotatable bonds is 4. The molecule has 0 radical (unpaired) electrons. The number of esters is 1. The first-order valence-electron chi connectivity index (χ1n) is 5.42. The van der Waals surface area contributed by atoms with Crippen LogP contribution in [0.15, 0.2) is 18.2 Å². The second-order valence-electron chi connectivity index (χ2n) is 3.71. The SMILES string of the molecule is CCC(C)C(=O)Oc1ccc(C#N)cc1OC. The van der Waals surface area contributed by atoms with Crippen LogP contribution in [0.25, 0.3) is 0 Å². The van der Waals surface area contributed by atoms with E-state index in [1.54, 1.807) is 25.1 Å². The Morgan fingerprint density at radius 1 is 1.47 bits per heavy atom. The maximum atomic E-state index is 11.6. The summed E-state index contributed by atoms with van der Waals surface area (Å²) in [4.78, 5) is 11.6. The molecule has 0 aromatic heterocycles. The second kappa shape index (κ2) is 5.90. The molecule has 0 amide bonds. The van der Waals surface area contributed by atoms with Gasteiger partial charge in [-0.05, 0) is 18.6 Å². The Kier molecular flexibility index (Phi) is 4.53. The molecule has 0 N–H and O–H groups in total. The Bertz CT molecular complexity index is 448. The molecule has 0 aliphatic carbocycles. The summed E-state index contributed by atoms with van der Waals surface area (Å²) in [7, 11) is 1.47. The predicted octanol–water partition coefficient (Wildman–Crippen LogP) is 2.52. The van der Waals surface area contributed by atoms with Gasteiger partial charge in [0.15, 0.2) is 11.5 Å². The van der Waals surface area contributed by atoms with E-state index in [0.29, 0.717) is 17.1 Å². The molecule has 0 fully saturated rings. The van der Waals surface area contributed by atoms with E-state index in [0.717, 1.165) is 6.42 Å². The van der Waals surface area contributed by atoms with Crippen LogP contribution >= 0.6 is 0 Å². The molecule has 1 aromatic carbocycles. The van der Waals surface area contributed by atoms with E-state index in [9.17, 15) is 4.79 Å². The highest BCUT2D eigenvalue weighted by Gasteiger charge is 2.15. The third-order valence-electron chi connectivity index (χ3n) is 2.52. The fourth-order valence-electron chi connectivity index (χ4n) is 1.20. The lowest BCUT2D eigenvalue weighted by atomic mass is 10.1. The van der Waals surface area contributed by atoms with E-state index >= 15 is 0 Å². The topological polar surface area (TPSA) is 59.3 Å². The molecule has 1 unspecified atom stereocenters. The molecule has 0 saturated carbocycles. The number of ether oxygens (including phenoxy) is 2. The Morgan fingerprint density at radius 3 is 2.71 bits per heavy atom. The van der Waals surface area contributed by atoms with Gasteiger partial charge in [0.1, 0.15) is 0 Å². The van der Waals surface area contributed by atoms with Crippen molar-refractivity contribution in [3.05, 3.63) is 23.8 Å². The summed E-state index contributed by atoms with van der Waals surface area (Å²) in [6.07, 6.45) is 0.720. The van der Waals surface area contributed by atoms with Crippen LogP contribution in [0.3, 0.4) is 0 Å². The van der Waals surface area contributed by atoms with Gasteiger partial charge >= 0.3 is 5.97 Å². The zero-order chi connectivity index (χ0) is 12.8. The van der Waals surface area contributed by atoms with Crippen LogP contribution in [-0.4, -0.2) is 13.1 Å². The van der Waals surface area contributed by atoms with Gasteiger partial charge in [-0.15, -0.1) is 0 Å². The molecule has 0 bridgehead atoms. The van der Waals surface area contributed by atoms with Crippen molar-refractivity contribution in [2.45, 2.75) is 20.3 Å². The average molecular weight is 233 g/mol. The fraction of sp³-hybridized carbons (Fsp3) is 0.385. The average Bonchev–Trinajstić information content (AvgIpc) is 2.37. The van der Waals surface area contributed by atoms with Crippen molar-refractivity contribution in [2.75, 3.05) is 7.11 Å². The maximum absolute atomic E-state index is 11.6. The zero-order valence-electron chi connectivity index (χ0n) is 10.2. The van der Waals surface area contributed by atoms with Gasteiger partial charge in [0.25, 0.3) is 0 Å². The molecule has 17 heavy (non-hydrogen) atoms. The summed E-state index contributed by atoms with van der Waals surface area (Å²) in [6, 6.07) is 6.69. The number of hydrogen-bond acceptors (Lipinski definition) is 4. The number of nitriles is 1. The number of hydrogen-bond donors (Lipinski definition) is 0. The fourth-order valence-corrected chi connectivity index (χ4v) is 1.20. The van der Waals surface area contributed by atoms with Gasteiger partial charge in [-0.3, -0.25) is 4.79 Å². The zero-order valence-corrected chi connectivity index (χ0v) is 10.2. The van der Waals surface area contributed by atoms with Crippen molar-refractivity contribution in [2.24, 2.45) is 5.92 Å². The van der Waals surface area contributed by atoms with Gasteiger partial charge in [-0.25, -0.2) is 0 Å². The van der Waals surface area contributed by atoms with Crippen LogP contribution in [-0.2, 0) is 4.79 Å². The minimum Gasteiger partial charge on any atom is -0.493 e. The number of benzene rings is 1. The molecule has 1 aromatic rings. The highest BCUT2D eigenvalue weighted by Crippen LogP contribution is 2.28. The van der Waals surface area contributed by atoms with Crippen LogP contribution in [0.1, 0.15) is 25.8 Å². The van der Waals surface area contributed by atoms with Crippen molar-refractivity contribution in [3.8, 4) is 17.6 Å². The van der Waals surface area contributed by atoms with Crippen LogP contribution in [0.2, 0.25) is 0 Å². The Hall–Kier alpha value is -2.02. The molecule has 4 heteroatoms. The first kappa shape index (κ1) is 13.0. The number of carbonyl (C=O) groups excluding carboxylic acids is 1. The third-order valence-corrected chi connectivity index (χ3v) is 2.52. The van der Waals surface area contributed by atoms with Crippen molar-refractivity contribution in [3.63, 3.8) is 0 Å². The first-order valence-corrected chi connectivity index (χ1v) is 5.42. The number of methoxy groups -OCH3 is 1. The molecule has 0 saturated heterocycles. The van der Waals surface area contributed by atoms with Crippen LogP contribution in [0, 0.1) is 17.2 Å². The Balaban J connectivity index is 2.92. The smallest absolute Gasteiger partial charge is 0.314 e. The van der Waals surface area contributed by atoms with Crippen LogP contribution in [0.5, 0.6) is 11.5 Å². The molecule has 1 atom stereocenters. The minimum absolute atomic E-state index is 0.157. The van der Waals surface area contributed by atoms with Crippen LogP contribution < -0.4 is 9.47 Å². The minimum atomic E-state index is -0.296. The first-order chi connectivity index (χ1) is 8.12. The molecule has 1 rings (SSSR count). The summed E-state index contributed by atoms with van der Waals surface area (Å²) in [5, 5.41) is 8.74. The normalized spacial score (nSPS) is 11.4. The molecule has 90 valence electrons. The molecular weight excluding hydrogens is 218 g/mol. The lowest BCUT2D eigenvalue weighted by Crippen LogP contribution is -2.17. The summed E-state index contributed by atoms with van der Waals surface area (Å²) in [6.45, 7) is 3.72. The molecule has 0 spiro atoms. The van der Waals surface area contributed by atoms with Gasteiger partial charge in [0, 0.05) is 6.07 Å². The van der Waals surface area contributed by atoms with Gasteiger partial charge in [0.2, 0.25) is 0 Å². The predicted molar refractivity (Wildman–Crippen MR) is 62.8 cm³/mol. The Morgan fingerprint density at radius 2 is 2.18 bits per heavy atom. The molecule has 4 nitrogen and oxygen atoms in total. The van der Waals surface area contributed by atoms with Gasteiger partial charge in [-0.1, -0.05) is 13.8 Å². The van der Waals surface area contributed by atoms with Crippen molar-refractivity contribution in [1.29, 1.82) is 5.26 Å². The summed E-state index contributed by atoms with van der Waals surface area (Å²) >= 11 is 0. The molecule has 0 heterocycles. The summed E-state index contributed by atoms with van der Waals surface area (Å²) in [5.74, 6) is 0.281. The Labute approximate surface area is 101 Å². The van der Waals surface area contributed by atoms with E-state index in [-0.39, 0.29) is 11.9 Å². The van der Waals surface area contributed by atoms with E-state index in [4.69, 9.17) is 14.7 Å². The van der Waals surface area contributed by atoms with E-state index in [2.05, 4.69) is 0 Å². The number of nitrogens with zero attached hydrogens (tertiary/aromatic N) is 1. The monoisotopic (exact) mass is 233 g/mol. The largest absolute Gasteiger partial charge is 0.493 e. The van der Waals surface area contributed by atoms with Gasteiger partial charge in [-0.2, -0.15) is 5.26 Å².